The first-order valence-electron chi connectivity index (χ1n) is 5.68. The minimum Gasteiger partial charge on any atom is -0.379 e. The lowest BCUT2D eigenvalue weighted by molar-refractivity contribution is -0.116. The van der Waals surface area contributed by atoms with E-state index in [0.717, 1.165) is 25.3 Å². The van der Waals surface area contributed by atoms with E-state index in [1.807, 2.05) is 6.07 Å². The van der Waals surface area contributed by atoms with Gasteiger partial charge in [0, 0.05) is 17.5 Å². The van der Waals surface area contributed by atoms with Gasteiger partial charge < -0.3 is 10.1 Å². The smallest absolute Gasteiger partial charge is 0.224 e. The molecule has 84 valence electrons. The van der Waals surface area contributed by atoms with E-state index in [9.17, 15) is 4.79 Å². The zero-order valence-electron chi connectivity index (χ0n) is 9.38. The molecule has 2 aliphatic heterocycles. The van der Waals surface area contributed by atoms with E-state index >= 15 is 0 Å². The van der Waals surface area contributed by atoms with Gasteiger partial charge >= 0.3 is 0 Å². The van der Waals surface area contributed by atoms with Crippen LogP contribution in [0.2, 0.25) is 0 Å². The van der Waals surface area contributed by atoms with E-state index in [1.165, 1.54) is 11.1 Å². The molecule has 16 heavy (non-hydrogen) atoms. The number of nitrogens with one attached hydrogen (secondary N) is 1. The summed E-state index contributed by atoms with van der Waals surface area (Å²) in [5.74, 6) is 0.124. The first-order chi connectivity index (χ1) is 7.67. The summed E-state index contributed by atoms with van der Waals surface area (Å²) in [6.07, 6.45) is 1.45. The molecule has 1 aromatic carbocycles. The zero-order chi connectivity index (χ0) is 11.2. The van der Waals surface area contributed by atoms with Crippen LogP contribution in [-0.2, 0) is 21.4 Å². The first-order valence-corrected chi connectivity index (χ1v) is 5.68. The Morgan fingerprint density at radius 2 is 2.12 bits per heavy atom. The standard InChI is InChI=1S/C13H15NO2/c1-13(7-16-8-13)10-3-4-11-9(6-10)2-5-12(15)14-11/h3-4,6H,2,5,7-8H2,1H3,(H,14,15). The third-order valence-corrected chi connectivity index (χ3v) is 3.54. The van der Waals surface area contributed by atoms with E-state index in [-0.39, 0.29) is 11.3 Å². The Morgan fingerprint density at radius 1 is 1.31 bits per heavy atom. The number of fused-ring (bicyclic) bond motifs is 1. The number of rotatable bonds is 1. The summed E-state index contributed by atoms with van der Waals surface area (Å²) >= 11 is 0. The second-order valence-corrected chi connectivity index (χ2v) is 4.97. The van der Waals surface area contributed by atoms with Gasteiger partial charge in [0.1, 0.15) is 0 Å². The number of aryl methyl sites for hydroxylation is 1. The topological polar surface area (TPSA) is 38.3 Å². The summed E-state index contributed by atoms with van der Waals surface area (Å²) in [6, 6.07) is 6.34. The molecule has 3 nitrogen and oxygen atoms in total. The van der Waals surface area contributed by atoms with Crippen LogP contribution in [0, 0.1) is 0 Å². The fourth-order valence-corrected chi connectivity index (χ4v) is 2.33. The number of carbonyl (C=O) groups is 1. The van der Waals surface area contributed by atoms with E-state index in [0.29, 0.717) is 6.42 Å². The second-order valence-electron chi connectivity index (χ2n) is 4.97. The molecule has 0 unspecified atom stereocenters. The van der Waals surface area contributed by atoms with Gasteiger partial charge in [0.25, 0.3) is 0 Å². The Balaban J connectivity index is 1.96. The van der Waals surface area contributed by atoms with Crippen molar-refractivity contribution in [2.45, 2.75) is 25.2 Å². The van der Waals surface area contributed by atoms with Crippen LogP contribution in [0.25, 0.3) is 0 Å². The van der Waals surface area contributed by atoms with E-state index in [4.69, 9.17) is 4.74 Å². The third-order valence-electron chi connectivity index (χ3n) is 3.54. The fourth-order valence-electron chi connectivity index (χ4n) is 2.33. The van der Waals surface area contributed by atoms with E-state index in [1.54, 1.807) is 0 Å². The largest absolute Gasteiger partial charge is 0.379 e. The first kappa shape index (κ1) is 9.85. The molecular weight excluding hydrogens is 202 g/mol. The molecule has 0 saturated carbocycles. The van der Waals surface area contributed by atoms with E-state index < -0.39 is 0 Å². The molecule has 2 aliphatic rings. The SMILES string of the molecule is CC1(c2ccc3c(c2)CCC(=O)N3)COC1. The van der Waals surface area contributed by atoms with Crippen LogP contribution in [0.1, 0.15) is 24.5 Å². The Labute approximate surface area is 94.8 Å². The van der Waals surface area contributed by atoms with Crippen molar-refractivity contribution in [3.8, 4) is 0 Å². The normalized spacial score (nSPS) is 21.9. The molecular formula is C13H15NO2. The summed E-state index contributed by atoms with van der Waals surface area (Å²) in [5.41, 5.74) is 3.74. The van der Waals surface area contributed by atoms with Crippen molar-refractivity contribution >= 4 is 11.6 Å². The predicted molar refractivity (Wildman–Crippen MR) is 61.6 cm³/mol. The molecule has 0 radical (unpaired) electrons. The van der Waals surface area contributed by atoms with Crippen LogP contribution in [0.3, 0.4) is 0 Å². The van der Waals surface area contributed by atoms with Gasteiger partial charge in [0.15, 0.2) is 0 Å². The minimum atomic E-state index is 0.124. The molecule has 2 heterocycles. The highest BCUT2D eigenvalue weighted by atomic mass is 16.5. The van der Waals surface area contributed by atoms with Gasteiger partial charge in [-0.3, -0.25) is 4.79 Å². The van der Waals surface area contributed by atoms with Crippen molar-refractivity contribution in [1.82, 2.24) is 0 Å². The maximum Gasteiger partial charge on any atom is 0.224 e. The van der Waals surface area contributed by atoms with Gasteiger partial charge in [-0.25, -0.2) is 0 Å². The van der Waals surface area contributed by atoms with Crippen molar-refractivity contribution in [2.24, 2.45) is 0 Å². The van der Waals surface area contributed by atoms with Crippen molar-refractivity contribution in [3.63, 3.8) is 0 Å². The van der Waals surface area contributed by atoms with Crippen LogP contribution < -0.4 is 5.32 Å². The van der Waals surface area contributed by atoms with Crippen molar-refractivity contribution in [3.05, 3.63) is 29.3 Å². The maximum absolute atomic E-state index is 11.2. The monoisotopic (exact) mass is 217 g/mol. The van der Waals surface area contributed by atoms with Crippen LogP contribution in [0.4, 0.5) is 5.69 Å². The highest BCUT2D eigenvalue weighted by Crippen LogP contribution is 2.34. The maximum atomic E-state index is 11.2. The molecule has 1 aromatic rings. The highest BCUT2D eigenvalue weighted by Gasteiger charge is 2.35. The summed E-state index contributed by atoms with van der Waals surface area (Å²) < 4.78 is 5.28. The molecule has 1 N–H and O–H groups in total. The zero-order valence-corrected chi connectivity index (χ0v) is 9.38. The Kier molecular flexibility index (Phi) is 2.04. The summed E-state index contributed by atoms with van der Waals surface area (Å²) in [7, 11) is 0. The quantitative estimate of drug-likeness (QED) is 0.779. The lowest BCUT2D eigenvalue weighted by atomic mass is 9.79. The molecule has 0 spiro atoms. The molecule has 3 rings (SSSR count). The summed E-state index contributed by atoms with van der Waals surface area (Å²) in [5, 5.41) is 2.90. The highest BCUT2D eigenvalue weighted by molar-refractivity contribution is 5.93. The number of ether oxygens (including phenoxy) is 1. The molecule has 3 heteroatoms. The van der Waals surface area contributed by atoms with Gasteiger partial charge in [-0.2, -0.15) is 0 Å². The number of carbonyl (C=O) groups excluding carboxylic acids is 1. The van der Waals surface area contributed by atoms with Gasteiger partial charge in [0.05, 0.1) is 13.2 Å². The number of benzene rings is 1. The Morgan fingerprint density at radius 3 is 2.81 bits per heavy atom. The molecule has 0 atom stereocenters. The average Bonchev–Trinajstić information content (AvgIpc) is 2.25. The van der Waals surface area contributed by atoms with Crippen LogP contribution in [0.5, 0.6) is 0 Å². The fraction of sp³-hybridized carbons (Fsp3) is 0.462. The average molecular weight is 217 g/mol. The third kappa shape index (κ3) is 1.43. The Bertz CT molecular complexity index is 449. The Hall–Kier alpha value is -1.35. The van der Waals surface area contributed by atoms with E-state index in [2.05, 4.69) is 24.4 Å². The van der Waals surface area contributed by atoms with Gasteiger partial charge in [-0.1, -0.05) is 19.1 Å². The molecule has 0 bridgehead atoms. The number of amides is 1. The van der Waals surface area contributed by atoms with Gasteiger partial charge in [0.2, 0.25) is 5.91 Å². The number of anilines is 1. The lowest BCUT2D eigenvalue weighted by Gasteiger charge is -2.39. The van der Waals surface area contributed by atoms with Crippen molar-refractivity contribution in [1.29, 1.82) is 0 Å². The van der Waals surface area contributed by atoms with Gasteiger partial charge in [-0.15, -0.1) is 0 Å². The van der Waals surface area contributed by atoms with Crippen LogP contribution in [0.15, 0.2) is 18.2 Å². The second kappa shape index (κ2) is 3.32. The minimum absolute atomic E-state index is 0.124. The number of hydrogen-bond donors (Lipinski definition) is 1. The molecule has 0 aromatic heterocycles. The van der Waals surface area contributed by atoms with Crippen molar-refractivity contribution in [2.75, 3.05) is 18.5 Å². The molecule has 1 saturated heterocycles. The molecule has 0 aliphatic carbocycles. The lowest BCUT2D eigenvalue weighted by Crippen LogP contribution is -2.43. The van der Waals surface area contributed by atoms with Crippen LogP contribution >= 0.6 is 0 Å². The van der Waals surface area contributed by atoms with Crippen LogP contribution in [-0.4, -0.2) is 19.1 Å². The van der Waals surface area contributed by atoms with Crippen molar-refractivity contribution < 1.29 is 9.53 Å². The summed E-state index contributed by atoms with van der Waals surface area (Å²) in [6.45, 7) is 3.83. The molecule has 1 amide bonds. The van der Waals surface area contributed by atoms with Gasteiger partial charge in [-0.05, 0) is 23.6 Å². The predicted octanol–water partition coefficient (Wildman–Crippen LogP) is 1.86. The molecule has 1 fully saturated rings. The number of hydrogen-bond acceptors (Lipinski definition) is 2. The summed E-state index contributed by atoms with van der Waals surface area (Å²) in [4.78, 5) is 11.2.